The molecule has 28 heavy (non-hydrogen) atoms. The van der Waals surface area contributed by atoms with Crippen molar-refractivity contribution in [2.45, 2.75) is 26.3 Å². The maximum Gasteiger partial charge on any atom is 0.326 e. The maximum atomic E-state index is 12.3. The molecule has 1 N–H and O–H groups in total. The van der Waals surface area contributed by atoms with E-state index in [1.54, 1.807) is 7.05 Å². The Labute approximate surface area is 170 Å². The second kappa shape index (κ2) is 9.43. The third-order valence-corrected chi connectivity index (χ3v) is 6.18. The van der Waals surface area contributed by atoms with E-state index in [2.05, 4.69) is 16.3 Å². The van der Waals surface area contributed by atoms with Crippen LogP contribution >= 0.6 is 11.8 Å². The van der Waals surface area contributed by atoms with Gasteiger partial charge in [0, 0.05) is 56.8 Å². The highest BCUT2D eigenvalue weighted by molar-refractivity contribution is 7.99. The number of urea groups is 1. The Morgan fingerprint density at radius 1 is 1.21 bits per heavy atom. The van der Waals surface area contributed by atoms with Crippen molar-refractivity contribution in [1.29, 1.82) is 0 Å². The molecule has 0 aliphatic carbocycles. The highest BCUT2D eigenvalue weighted by Gasteiger charge is 2.32. The molecule has 4 amide bonds. The third-order valence-electron chi connectivity index (χ3n) is 5.23. The van der Waals surface area contributed by atoms with Crippen molar-refractivity contribution < 1.29 is 14.4 Å². The molecule has 0 spiro atoms. The van der Waals surface area contributed by atoms with Crippen LogP contribution in [0.4, 0.5) is 10.5 Å². The molecule has 8 heteroatoms. The lowest BCUT2D eigenvalue weighted by Gasteiger charge is -2.27. The molecular weight excluding hydrogens is 376 g/mol. The largest absolute Gasteiger partial charge is 0.326 e. The van der Waals surface area contributed by atoms with Gasteiger partial charge in [0.15, 0.2) is 0 Å². The summed E-state index contributed by atoms with van der Waals surface area (Å²) >= 11 is 2.00. The number of rotatable bonds is 7. The fourth-order valence-corrected chi connectivity index (χ4v) is 4.47. The SMILES string of the molecule is Cc1c(CN2CCSCC2)cccc1NC(=O)CCCN1C(=O)CN(C)C1=O. The van der Waals surface area contributed by atoms with Gasteiger partial charge in [-0.3, -0.25) is 19.4 Å². The van der Waals surface area contributed by atoms with Crippen molar-refractivity contribution in [2.75, 3.05) is 50.0 Å². The van der Waals surface area contributed by atoms with E-state index in [9.17, 15) is 14.4 Å². The maximum absolute atomic E-state index is 12.3. The van der Waals surface area contributed by atoms with Gasteiger partial charge in [-0.05, 0) is 30.5 Å². The highest BCUT2D eigenvalue weighted by Crippen LogP contribution is 2.22. The number of nitrogens with zero attached hydrogens (tertiary/aromatic N) is 3. The first-order valence-corrected chi connectivity index (χ1v) is 10.8. The summed E-state index contributed by atoms with van der Waals surface area (Å²) in [7, 11) is 1.60. The van der Waals surface area contributed by atoms with Gasteiger partial charge in [-0.1, -0.05) is 12.1 Å². The van der Waals surface area contributed by atoms with E-state index in [0.29, 0.717) is 6.42 Å². The number of anilines is 1. The summed E-state index contributed by atoms with van der Waals surface area (Å²) < 4.78 is 0. The number of amides is 4. The van der Waals surface area contributed by atoms with Crippen LogP contribution in [0.3, 0.4) is 0 Å². The number of likely N-dealkylation sites (N-methyl/N-ethyl adjacent to an activating group) is 1. The van der Waals surface area contributed by atoms with Crippen LogP contribution in [0.15, 0.2) is 18.2 Å². The Morgan fingerprint density at radius 2 is 1.96 bits per heavy atom. The van der Waals surface area contributed by atoms with Crippen molar-refractivity contribution in [1.82, 2.24) is 14.7 Å². The van der Waals surface area contributed by atoms with Gasteiger partial charge in [-0.25, -0.2) is 4.79 Å². The van der Waals surface area contributed by atoms with Crippen LogP contribution in [0, 0.1) is 6.92 Å². The minimum Gasteiger partial charge on any atom is -0.326 e. The van der Waals surface area contributed by atoms with E-state index in [4.69, 9.17) is 0 Å². The topological polar surface area (TPSA) is 73.0 Å². The lowest BCUT2D eigenvalue weighted by atomic mass is 10.1. The van der Waals surface area contributed by atoms with Crippen molar-refractivity contribution in [3.8, 4) is 0 Å². The van der Waals surface area contributed by atoms with Crippen LogP contribution in [0.2, 0.25) is 0 Å². The molecule has 0 saturated carbocycles. The molecule has 0 bridgehead atoms. The number of hydrogen-bond donors (Lipinski definition) is 1. The lowest BCUT2D eigenvalue weighted by molar-refractivity contribution is -0.125. The van der Waals surface area contributed by atoms with Gasteiger partial charge in [0.25, 0.3) is 0 Å². The van der Waals surface area contributed by atoms with E-state index in [1.807, 2.05) is 30.8 Å². The molecule has 0 aromatic heterocycles. The zero-order chi connectivity index (χ0) is 20.1. The highest BCUT2D eigenvalue weighted by atomic mass is 32.2. The molecule has 0 atom stereocenters. The first-order valence-electron chi connectivity index (χ1n) is 9.69. The number of carbonyl (C=O) groups excluding carboxylic acids is 3. The van der Waals surface area contributed by atoms with Gasteiger partial charge in [-0.15, -0.1) is 0 Å². The predicted molar refractivity (Wildman–Crippen MR) is 111 cm³/mol. The van der Waals surface area contributed by atoms with Crippen molar-refractivity contribution >= 4 is 35.3 Å². The Kier molecular flexibility index (Phi) is 6.96. The minimum absolute atomic E-state index is 0.0953. The lowest BCUT2D eigenvalue weighted by Crippen LogP contribution is -2.33. The molecule has 2 fully saturated rings. The first kappa shape index (κ1) is 20.7. The van der Waals surface area contributed by atoms with Gasteiger partial charge in [0.1, 0.15) is 6.54 Å². The van der Waals surface area contributed by atoms with Gasteiger partial charge < -0.3 is 10.2 Å². The third kappa shape index (κ3) is 5.05. The Morgan fingerprint density at radius 3 is 2.64 bits per heavy atom. The smallest absolute Gasteiger partial charge is 0.326 e. The van der Waals surface area contributed by atoms with E-state index in [-0.39, 0.29) is 37.4 Å². The molecule has 2 aliphatic heterocycles. The average Bonchev–Trinajstić information content (AvgIpc) is 2.92. The van der Waals surface area contributed by atoms with Crippen LogP contribution < -0.4 is 5.32 Å². The van der Waals surface area contributed by atoms with Crippen LogP contribution in [0.25, 0.3) is 0 Å². The molecule has 152 valence electrons. The van der Waals surface area contributed by atoms with Gasteiger partial charge in [0.05, 0.1) is 0 Å². The normalized spacial score (nSPS) is 18.1. The van der Waals surface area contributed by atoms with E-state index < -0.39 is 0 Å². The summed E-state index contributed by atoms with van der Waals surface area (Å²) in [5.41, 5.74) is 3.17. The number of hydrogen-bond acceptors (Lipinski definition) is 5. The number of nitrogens with one attached hydrogen (secondary N) is 1. The summed E-state index contributed by atoms with van der Waals surface area (Å²) in [5, 5.41) is 2.98. The Hall–Kier alpha value is -2.06. The van der Waals surface area contributed by atoms with E-state index in [1.165, 1.54) is 26.9 Å². The fourth-order valence-electron chi connectivity index (χ4n) is 3.49. The first-order chi connectivity index (χ1) is 13.5. The summed E-state index contributed by atoms with van der Waals surface area (Å²) in [6, 6.07) is 5.73. The minimum atomic E-state index is -0.287. The summed E-state index contributed by atoms with van der Waals surface area (Å²) in [6.07, 6.45) is 0.731. The molecule has 0 radical (unpaired) electrons. The molecule has 2 saturated heterocycles. The zero-order valence-corrected chi connectivity index (χ0v) is 17.4. The number of carbonyl (C=O) groups is 3. The Balaban J connectivity index is 1.50. The summed E-state index contributed by atoms with van der Waals surface area (Å²) in [6.45, 7) is 5.55. The van der Waals surface area contributed by atoms with Crippen molar-refractivity contribution in [3.63, 3.8) is 0 Å². The zero-order valence-electron chi connectivity index (χ0n) is 16.6. The second-order valence-corrected chi connectivity index (χ2v) is 8.54. The number of imide groups is 1. The van der Waals surface area contributed by atoms with Crippen LogP contribution in [-0.4, -0.2) is 77.3 Å². The molecule has 0 unspecified atom stereocenters. The van der Waals surface area contributed by atoms with E-state index in [0.717, 1.165) is 30.9 Å². The van der Waals surface area contributed by atoms with Crippen LogP contribution in [0.1, 0.15) is 24.0 Å². The van der Waals surface area contributed by atoms with Crippen LogP contribution in [0.5, 0.6) is 0 Å². The summed E-state index contributed by atoms with van der Waals surface area (Å²) in [4.78, 5) is 41.0. The number of thioether (sulfide) groups is 1. The molecule has 1 aromatic carbocycles. The van der Waals surface area contributed by atoms with Gasteiger partial charge in [0.2, 0.25) is 11.8 Å². The van der Waals surface area contributed by atoms with Gasteiger partial charge >= 0.3 is 6.03 Å². The molecular formula is C20H28N4O3S. The molecule has 2 aliphatic rings. The van der Waals surface area contributed by atoms with Crippen molar-refractivity contribution in [3.05, 3.63) is 29.3 Å². The Bertz CT molecular complexity index is 749. The van der Waals surface area contributed by atoms with E-state index >= 15 is 0 Å². The monoisotopic (exact) mass is 404 g/mol. The molecule has 1 aromatic rings. The summed E-state index contributed by atoms with van der Waals surface area (Å²) in [5.74, 6) is 2.05. The predicted octanol–water partition coefficient (Wildman–Crippen LogP) is 2.16. The average molecular weight is 405 g/mol. The molecule has 7 nitrogen and oxygen atoms in total. The van der Waals surface area contributed by atoms with Crippen molar-refractivity contribution in [2.24, 2.45) is 0 Å². The molecule has 3 rings (SSSR count). The molecule has 2 heterocycles. The quantitative estimate of drug-likeness (QED) is 0.705. The van der Waals surface area contributed by atoms with Gasteiger partial charge in [-0.2, -0.15) is 11.8 Å². The second-order valence-electron chi connectivity index (χ2n) is 7.31. The fraction of sp³-hybridized carbons (Fsp3) is 0.550. The standard InChI is InChI=1S/C20H28N4O3S/c1-15-16(13-23-9-11-28-12-10-23)5-3-6-17(15)21-18(25)7-4-8-24-19(26)14-22(2)20(24)27/h3,5-6H,4,7-14H2,1-2H3,(H,21,25). The van der Waals surface area contributed by atoms with Crippen LogP contribution in [-0.2, 0) is 16.1 Å². The number of benzene rings is 1.